The molecule has 0 amide bonds. The zero-order chi connectivity index (χ0) is 12.6. The van der Waals surface area contributed by atoms with Crippen LogP contribution in [-0.2, 0) is 13.0 Å². The van der Waals surface area contributed by atoms with Crippen molar-refractivity contribution in [2.75, 3.05) is 13.2 Å². The molecular weight excluding hydrogens is 230 g/mol. The summed E-state index contributed by atoms with van der Waals surface area (Å²) in [4.78, 5) is 0. The van der Waals surface area contributed by atoms with Crippen LogP contribution in [0.15, 0.2) is 36.5 Å². The summed E-state index contributed by atoms with van der Waals surface area (Å²) in [6.07, 6.45) is 3.37. The molecule has 2 aromatic rings. The smallest absolute Gasteiger partial charge is 0.119 e. The number of hydrogen-bond donors (Lipinski definition) is 1. The number of hydrogen-bond acceptors (Lipinski definition) is 4. The summed E-state index contributed by atoms with van der Waals surface area (Å²) in [7, 11) is 0. The molecule has 0 saturated heterocycles. The van der Waals surface area contributed by atoms with E-state index in [1.165, 1.54) is 0 Å². The van der Waals surface area contributed by atoms with Gasteiger partial charge in [-0.2, -0.15) is 0 Å². The molecule has 1 aromatic heterocycles. The highest BCUT2D eigenvalue weighted by atomic mass is 16.5. The van der Waals surface area contributed by atoms with Crippen LogP contribution >= 0.6 is 0 Å². The van der Waals surface area contributed by atoms with Crippen molar-refractivity contribution in [3.63, 3.8) is 0 Å². The monoisotopic (exact) mass is 247 g/mol. The molecule has 0 fully saturated rings. The van der Waals surface area contributed by atoms with Gasteiger partial charge in [-0.25, -0.2) is 4.68 Å². The summed E-state index contributed by atoms with van der Waals surface area (Å²) in [6, 6.07) is 9.69. The van der Waals surface area contributed by atoms with Gasteiger partial charge in [0.25, 0.3) is 0 Å². The molecule has 0 atom stereocenters. The molecule has 5 nitrogen and oxygen atoms in total. The molecule has 0 unspecified atom stereocenters. The fourth-order valence-corrected chi connectivity index (χ4v) is 1.60. The molecule has 0 aliphatic heterocycles. The van der Waals surface area contributed by atoms with Gasteiger partial charge in [-0.15, -0.1) is 5.10 Å². The van der Waals surface area contributed by atoms with E-state index in [1.54, 1.807) is 4.68 Å². The van der Waals surface area contributed by atoms with E-state index in [-0.39, 0.29) is 6.61 Å². The van der Waals surface area contributed by atoms with Gasteiger partial charge in [0.2, 0.25) is 0 Å². The van der Waals surface area contributed by atoms with Crippen LogP contribution in [0.25, 0.3) is 0 Å². The lowest BCUT2D eigenvalue weighted by atomic mass is 10.3. The molecule has 2 rings (SSSR count). The van der Waals surface area contributed by atoms with Crippen molar-refractivity contribution in [2.45, 2.75) is 19.4 Å². The fraction of sp³-hybridized carbons (Fsp3) is 0.385. The number of aryl methyl sites for hydroxylation is 1. The predicted octanol–water partition coefficient (Wildman–Crippen LogP) is 1.28. The number of aliphatic hydroxyl groups excluding tert-OH is 1. The SMILES string of the molecule is OCCCc1cn(CCOc2ccccc2)nn1. The van der Waals surface area contributed by atoms with E-state index in [0.717, 1.165) is 24.3 Å². The Balaban J connectivity index is 1.75. The van der Waals surface area contributed by atoms with Crippen LogP contribution in [-0.4, -0.2) is 33.3 Å². The Labute approximate surface area is 106 Å². The number of aliphatic hydroxyl groups is 1. The van der Waals surface area contributed by atoms with E-state index in [9.17, 15) is 0 Å². The lowest BCUT2D eigenvalue weighted by molar-refractivity contribution is 0.288. The van der Waals surface area contributed by atoms with Gasteiger partial charge >= 0.3 is 0 Å². The van der Waals surface area contributed by atoms with Gasteiger partial charge in [0.15, 0.2) is 0 Å². The van der Waals surface area contributed by atoms with E-state index < -0.39 is 0 Å². The Bertz CT molecular complexity index is 456. The highest BCUT2D eigenvalue weighted by Gasteiger charge is 2.00. The Morgan fingerprint density at radius 1 is 1.22 bits per heavy atom. The average molecular weight is 247 g/mol. The van der Waals surface area contributed by atoms with Gasteiger partial charge in [0.1, 0.15) is 12.4 Å². The average Bonchev–Trinajstić information content (AvgIpc) is 2.85. The molecule has 18 heavy (non-hydrogen) atoms. The summed E-state index contributed by atoms with van der Waals surface area (Å²) >= 11 is 0. The first-order chi connectivity index (χ1) is 8.88. The number of aromatic nitrogens is 3. The quantitative estimate of drug-likeness (QED) is 0.800. The normalized spacial score (nSPS) is 10.5. The summed E-state index contributed by atoms with van der Waals surface area (Å²) in [6.45, 7) is 1.41. The standard InChI is InChI=1S/C13H17N3O2/c17-9-4-5-12-11-16(15-14-12)8-10-18-13-6-2-1-3-7-13/h1-3,6-7,11,17H,4-5,8-10H2. The second-order valence-corrected chi connectivity index (χ2v) is 3.96. The van der Waals surface area contributed by atoms with Crippen molar-refractivity contribution in [3.8, 4) is 5.75 Å². The van der Waals surface area contributed by atoms with Crippen molar-refractivity contribution in [1.82, 2.24) is 15.0 Å². The zero-order valence-corrected chi connectivity index (χ0v) is 10.2. The van der Waals surface area contributed by atoms with Gasteiger partial charge in [-0.05, 0) is 25.0 Å². The molecule has 0 aliphatic carbocycles. The molecule has 0 aliphatic rings. The van der Waals surface area contributed by atoms with E-state index in [0.29, 0.717) is 13.2 Å². The highest BCUT2D eigenvalue weighted by molar-refractivity contribution is 5.20. The predicted molar refractivity (Wildman–Crippen MR) is 67.4 cm³/mol. The second-order valence-electron chi connectivity index (χ2n) is 3.96. The minimum atomic E-state index is 0.185. The second kappa shape index (κ2) is 6.76. The van der Waals surface area contributed by atoms with Gasteiger partial charge in [-0.1, -0.05) is 23.4 Å². The van der Waals surface area contributed by atoms with Gasteiger partial charge in [0, 0.05) is 12.8 Å². The van der Waals surface area contributed by atoms with Crippen LogP contribution < -0.4 is 4.74 Å². The van der Waals surface area contributed by atoms with Crippen molar-refractivity contribution in [1.29, 1.82) is 0 Å². The third-order valence-corrected chi connectivity index (χ3v) is 2.51. The Hall–Kier alpha value is -1.88. The summed E-state index contributed by atoms with van der Waals surface area (Å²) in [5.74, 6) is 0.859. The maximum atomic E-state index is 8.73. The minimum absolute atomic E-state index is 0.185. The lowest BCUT2D eigenvalue weighted by Gasteiger charge is -2.04. The first-order valence-electron chi connectivity index (χ1n) is 6.06. The maximum absolute atomic E-state index is 8.73. The van der Waals surface area contributed by atoms with Crippen LogP contribution in [0.3, 0.4) is 0 Å². The first-order valence-corrected chi connectivity index (χ1v) is 6.06. The van der Waals surface area contributed by atoms with Crippen molar-refractivity contribution in [3.05, 3.63) is 42.2 Å². The van der Waals surface area contributed by atoms with Crippen molar-refractivity contribution < 1.29 is 9.84 Å². The van der Waals surface area contributed by atoms with Crippen molar-refractivity contribution >= 4 is 0 Å². The van der Waals surface area contributed by atoms with Gasteiger partial charge in [-0.3, -0.25) is 0 Å². The van der Waals surface area contributed by atoms with Gasteiger partial charge < -0.3 is 9.84 Å². The van der Waals surface area contributed by atoms with E-state index in [2.05, 4.69) is 10.3 Å². The fourth-order valence-electron chi connectivity index (χ4n) is 1.60. The molecule has 0 radical (unpaired) electrons. The minimum Gasteiger partial charge on any atom is -0.492 e. The summed E-state index contributed by atoms with van der Waals surface area (Å²) in [5, 5.41) is 16.8. The molecule has 96 valence electrons. The number of nitrogens with zero attached hydrogens (tertiary/aromatic N) is 3. The summed E-state index contributed by atoms with van der Waals surface area (Å²) in [5.41, 5.74) is 0.906. The number of ether oxygens (including phenoxy) is 1. The Kier molecular flexibility index (Phi) is 4.72. The molecular formula is C13H17N3O2. The van der Waals surface area contributed by atoms with Crippen molar-refractivity contribution in [2.24, 2.45) is 0 Å². The molecule has 1 heterocycles. The molecule has 5 heteroatoms. The first kappa shape index (κ1) is 12.6. The van der Waals surface area contributed by atoms with Crippen LogP contribution in [0.5, 0.6) is 5.75 Å². The number of rotatable bonds is 7. The maximum Gasteiger partial charge on any atom is 0.119 e. The number of benzene rings is 1. The largest absolute Gasteiger partial charge is 0.492 e. The summed E-state index contributed by atoms with van der Waals surface area (Å²) < 4.78 is 7.33. The zero-order valence-electron chi connectivity index (χ0n) is 10.2. The Morgan fingerprint density at radius 2 is 2.06 bits per heavy atom. The molecule has 0 saturated carbocycles. The Morgan fingerprint density at radius 3 is 2.83 bits per heavy atom. The van der Waals surface area contributed by atoms with Crippen LogP contribution in [0.1, 0.15) is 12.1 Å². The third kappa shape index (κ3) is 3.85. The topological polar surface area (TPSA) is 60.2 Å². The van der Waals surface area contributed by atoms with Crippen LogP contribution in [0.4, 0.5) is 0 Å². The molecule has 0 bridgehead atoms. The molecule has 0 spiro atoms. The number of para-hydroxylation sites is 1. The van der Waals surface area contributed by atoms with Crippen LogP contribution in [0.2, 0.25) is 0 Å². The highest BCUT2D eigenvalue weighted by Crippen LogP contribution is 2.08. The lowest BCUT2D eigenvalue weighted by Crippen LogP contribution is -2.08. The van der Waals surface area contributed by atoms with E-state index in [4.69, 9.17) is 9.84 Å². The van der Waals surface area contributed by atoms with Crippen LogP contribution in [0, 0.1) is 0 Å². The van der Waals surface area contributed by atoms with Gasteiger partial charge in [0.05, 0.1) is 12.2 Å². The molecule has 1 N–H and O–H groups in total. The van der Waals surface area contributed by atoms with E-state index in [1.807, 2.05) is 36.5 Å². The third-order valence-electron chi connectivity index (χ3n) is 2.51. The van der Waals surface area contributed by atoms with E-state index >= 15 is 0 Å². The molecule has 1 aromatic carbocycles.